The fraction of sp³-hybridized carbons (Fsp3) is 0.238. The Morgan fingerprint density at radius 1 is 1.07 bits per heavy atom. The van der Waals surface area contributed by atoms with E-state index >= 15 is 0 Å². The van der Waals surface area contributed by atoms with Gasteiger partial charge >= 0.3 is 0 Å². The second kappa shape index (κ2) is 8.99. The van der Waals surface area contributed by atoms with Gasteiger partial charge in [0.25, 0.3) is 5.91 Å². The van der Waals surface area contributed by atoms with Crippen LogP contribution in [0.25, 0.3) is 16.9 Å². The number of amides is 1. The Labute approximate surface area is 180 Å². The molecule has 0 aliphatic rings. The highest BCUT2D eigenvalue weighted by molar-refractivity contribution is 7.89. The van der Waals surface area contributed by atoms with Crippen LogP contribution in [-0.4, -0.2) is 24.1 Å². The lowest BCUT2D eigenvalue weighted by Crippen LogP contribution is -2.14. The van der Waals surface area contributed by atoms with Gasteiger partial charge in [0.2, 0.25) is 10.0 Å². The predicted molar refractivity (Wildman–Crippen MR) is 117 cm³/mol. The number of primary sulfonamides is 1. The number of hydrogen-bond acceptors (Lipinski definition) is 4. The average molecular weight is 447 g/mol. The summed E-state index contributed by atoms with van der Waals surface area (Å²) in [6.45, 7) is 2.10. The lowest BCUT2D eigenvalue weighted by Gasteiger charge is -2.11. The molecule has 0 aliphatic carbocycles. The summed E-state index contributed by atoms with van der Waals surface area (Å²) in [6, 6.07) is 13.2. The first-order chi connectivity index (χ1) is 14.2. The zero-order valence-corrected chi connectivity index (χ0v) is 18.1. The second-order valence-electron chi connectivity index (χ2n) is 6.95. The van der Waals surface area contributed by atoms with Gasteiger partial charge in [-0.2, -0.15) is 5.10 Å². The molecule has 0 fully saturated rings. The number of aromatic nitrogens is 2. The molecular weight excluding hydrogens is 424 g/mol. The van der Waals surface area contributed by atoms with E-state index < -0.39 is 15.9 Å². The zero-order chi connectivity index (χ0) is 21.9. The van der Waals surface area contributed by atoms with Crippen LogP contribution >= 0.6 is 11.6 Å². The minimum Gasteiger partial charge on any atom is -0.364 e. The van der Waals surface area contributed by atoms with Crippen LogP contribution in [0.2, 0.25) is 5.02 Å². The first-order valence-corrected chi connectivity index (χ1v) is 11.5. The Balaban J connectivity index is 2.21. The fourth-order valence-electron chi connectivity index (χ4n) is 3.31. The lowest BCUT2D eigenvalue weighted by atomic mass is 9.99. The number of sulfonamides is 1. The number of hydrogen-bond donors (Lipinski definition) is 2. The summed E-state index contributed by atoms with van der Waals surface area (Å²) in [5.41, 5.74) is 8.71. The van der Waals surface area contributed by atoms with E-state index in [-0.39, 0.29) is 10.6 Å². The van der Waals surface area contributed by atoms with Gasteiger partial charge in [0.1, 0.15) is 0 Å². The third-order valence-electron chi connectivity index (χ3n) is 4.77. The number of primary amides is 1. The highest BCUT2D eigenvalue weighted by Gasteiger charge is 2.23. The number of halogens is 1. The van der Waals surface area contributed by atoms with Gasteiger partial charge in [0.05, 0.1) is 16.3 Å². The molecule has 2 aromatic carbocycles. The smallest absolute Gasteiger partial charge is 0.269 e. The van der Waals surface area contributed by atoms with Crippen molar-refractivity contribution in [2.45, 2.75) is 37.5 Å². The van der Waals surface area contributed by atoms with Gasteiger partial charge < -0.3 is 5.73 Å². The van der Waals surface area contributed by atoms with Crippen molar-refractivity contribution in [3.63, 3.8) is 0 Å². The van der Waals surface area contributed by atoms with Gasteiger partial charge in [-0.1, -0.05) is 43.5 Å². The summed E-state index contributed by atoms with van der Waals surface area (Å²) in [6.07, 6.45) is 3.56. The number of nitrogens with two attached hydrogens (primary N) is 2. The molecule has 1 aromatic heterocycles. The third kappa shape index (κ3) is 4.72. The number of benzene rings is 2. The normalized spacial score (nSPS) is 11.6. The van der Waals surface area contributed by atoms with E-state index in [1.165, 1.54) is 12.1 Å². The SMILES string of the molecule is CCCCCc1c(C(N)=O)nn(-c2ccc(S(N)(=O)=O)cc2)c1-c1ccc(Cl)cc1. The maximum atomic E-state index is 12.2. The molecule has 0 aliphatic heterocycles. The summed E-state index contributed by atoms with van der Waals surface area (Å²) in [7, 11) is -3.82. The summed E-state index contributed by atoms with van der Waals surface area (Å²) < 4.78 is 24.8. The van der Waals surface area contributed by atoms with Crippen LogP contribution in [0.15, 0.2) is 53.4 Å². The second-order valence-corrected chi connectivity index (χ2v) is 8.95. The van der Waals surface area contributed by atoms with Crippen LogP contribution in [0.5, 0.6) is 0 Å². The molecular formula is C21H23ClN4O3S. The minimum atomic E-state index is -3.82. The van der Waals surface area contributed by atoms with Crippen LogP contribution in [0.3, 0.4) is 0 Å². The first kappa shape index (κ1) is 22.0. The molecule has 0 bridgehead atoms. The van der Waals surface area contributed by atoms with Crippen LogP contribution < -0.4 is 10.9 Å². The van der Waals surface area contributed by atoms with Gasteiger partial charge in [0.15, 0.2) is 5.69 Å². The maximum absolute atomic E-state index is 12.2. The standard InChI is InChI=1S/C21H23ClN4O3S/c1-2-3-4-5-18-19(21(23)27)25-26(20(18)14-6-8-15(22)9-7-14)16-10-12-17(13-11-16)30(24,28)29/h6-13H,2-5H2,1H3,(H2,23,27)(H2,24,28,29). The van der Waals surface area contributed by atoms with E-state index in [9.17, 15) is 13.2 Å². The van der Waals surface area contributed by atoms with Crippen molar-refractivity contribution in [1.29, 1.82) is 0 Å². The maximum Gasteiger partial charge on any atom is 0.269 e. The van der Waals surface area contributed by atoms with Crippen molar-refractivity contribution >= 4 is 27.5 Å². The fourth-order valence-corrected chi connectivity index (χ4v) is 3.95. The summed E-state index contributed by atoms with van der Waals surface area (Å²) in [4.78, 5) is 12.1. The Morgan fingerprint density at radius 2 is 1.70 bits per heavy atom. The van der Waals surface area contributed by atoms with Crippen LogP contribution in [0.4, 0.5) is 0 Å². The Hall–Kier alpha value is -2.68. The van der Waals surface area contributed by atoms with Crippen LogP contribution in [-0.2, 0) is 16.4 Å². The number of nitrogens with zero attached hydrogens (tertiary/aromatic N) is 2. The number of carbonyl (C=O) groups excluding carboxylic acids is 1. The van der Waals surface area contributed by atoms with Gasteiger partial charge in [0, 0.05) is 16.1 Å². The first-order valence-electron chi connectivity index (χ1n) is 9.53. The predicted octanol–water partition coefficient (Wildman–Crippen LogP) is 3.67. The summed E-state index contributed by atoms with van der Waals surface area (Å²) in [5.74, 6) is -0.614. The molecule has 0 atom stereocenters. The highest BCUT2D eigenvalue weighted by Crippen LogP contribution is 2.31. The molecule has 0 radical (unpaired) electrons. The van der Waals surface area contributed by atoms with E-state index in [4.69, 9.17) is 22.5 Å². The number of rotatable bonds is 8. The topological polar surface area (TPSA) is 121 Å². The van der Waals surface area contributed by atoms with Gasteiger partial charge in [-0.25, -0.2) is 18.2 Å². The van der Waals surface area contributed by atoms with E-state index in [0.29, 0.717) is 17.1 Å². The van der Waals surface area contributed by atoms with Crippen molar-refractivity contribution in [3.8, 4) is 16.9 Å². The minimum absolute atomic E-state index is 0.00950. The van der Waals surface area contributed by atoms with Crippen molar-refractivity contribution in [3.05, 3.63) is 64.8 Å². The lowest BCUT2D eigenvalue weighted by molar-refractivity contribution is 0.0994. The van der Waals surface area contributed by atoms with Crippen LogP contribution in [0.1, 0.15) is 42.2 Å². The van der Waals surface area contributed by atoms with E-state index in [0.717, 1.165) is 36.1 Å². The Bertz CT molecular complexity index is 1150. The molecule has 9 heteroatoms. The quantitative estimate of drug-likeness (QED) is 0.512. The molecule has 158 valence electrons. The van der Waals surface area contributed by atoms with Gasteiger partial charge in [-0.05, 0) is 49.2 Å². The molecule has 3 aromatic rings. The molecule has 0 spiro atoms. The van der Waals surface area contributed by atoms with Crippen LogP contribution in [0, 0.1) is 0 Å². The molecule has 3 rings (SSSR count). The molecule has 4 N–H and O–H groups in total. The van der Waals surface area contributed by atoms with Crippen molar-refractivity contribution in [2.75, 3.05) is 0 Å². The molecule has 30 heavy (non-hydrogen) atoms. The summed E-state index contributed by atoms with van der Waals surface area (Å²) in [5, 5.41) is 10.3. The molecule has 1 heterocycles. The third-order valence-corrected chi connectivity index (χ3v) is 5.96. The Morgan fingerprint density at radius 3 is 2.23 bits per heavy atom. The van der Waals surface area contributed by atoms with Crippen molar-refractivity contribution in [1.82, 2.24) is 9.78 Å². The van der Waals surface area contributed by atoms with Crippen molar-refractivity contribution in [2.24, 2.45) is 10.9 Å². The molecule has 0 saturated heterocycles. The monoisotopic (exact) mass is 446 g/mol. The molecule has 0 saturated carbocycles. The molecule has 7 nitrogen and oxygen atoms in total. The number of carbonyl (C=O) groups is 1. The largest absolute Gasteiger partial charge is 0.364 e. The number of unbranched alkanes of at least 4 members (excludes halogenated alkanes) is 2. The van der Waals surface area contributed by atoms with E-state index in [1.54, 1.807) is 28.9 Å². The molecule has 0 unspecified atom stereocenters. The average Bonchev–Trinajstić information content (AvgIpc) is 3.08. The van der Waals surface area contributed by atoms with Crippen molar-refractivity contribution < 1.29 is 13.2 Å². The van der Waals surface area contributed by atoms with E-state index in [1.807, 2.05) is 12.1 Å². The van der Waals surface area contributed by atoms with Gasteiger partial charge in [-0.15, -0.1) is 0 Å². The zero-order valence-electron chi connectivity index (χ0n) is 16.5. The highest BCUT2D eigenvalue weighted by atomic mass is 35.5. The Kier molecular flexibility index (Phi) is 6.60. The van der Waals surface area contributed by atoms with E-state index in [2.05, 4.69) is 12.0 Å². The van der Waals surface area contributed by atoms with Gasteiger partial charge in [-0.3, -0.25) is 4.79 Å². The molecule has 1 amide bonds. The summed E-state index contributed by atoms with van der Waals surface area (Å²) >= 11 is 6.05.